The Morgan fingerprint density at radius 2 is 2.06 bits per heavy atom. The average Bonchev–Trinajstić information content (AvgIpc) is 3.45. The van der Waals surface area contributed by atoms with Crippen LogP contribution in [0.1, 0.15) is 17.8 Å². The van der Waals surface area contributed by atoms with Crippen molar-refractivity contribution in [2.24, 2.45) is 0 Å². The molecule has 1 aliphatic heterocycles. The van der Waals surface area contributed by atoms with Crippen LogP contribution in [0.2, 0.25) is 0 Å². The fraction of sp³-hybridized carbons (Fsp3) is 0.364. The van der Waals surface area contributed by atoms with E-state index in [1.54, 1.807) is 12.0 Å². The summed E-state index contributed by atoms with van der Waals surface area (Å²) in [6.45, 7) is 4.16. The van der Waals surface area contributed by atoms with Crippen LogP contribution in [0, 0.1) is 6.92 Å². The standard InChI is InChI=1S/C22H25N7O2/c1-14-18-11-28(25-14)5-4-21(30)27(2)13-20-19(12-29(26-20)6-7-31-3)15-8-16-17(18)10-24-22(16)23-9-15/h8-12H,4-7,13H2,1-3H3,(H,23,24). The first-order chi connectivity index (χ1) is 15.0. The van der Waals surface area contributed by atoms with E-state index in [0.717, 1.165) is 44.7 Å². The van der Waals surface area contributed by atoms with Gasteiger partial charge in [-0.25, -0.2) is 4.98 Å². The lowest BCUT2D eigenvalue weighted by molar-refractivity contribution is -0.130. The summed E-state index contributed by atoms with van der Waals surface area (Å²) in [4.78, 5) is 22.4. The molecule has 0 spiro atoms. The minimum absolute atomic E-state index is 0.0556. The minimum Gasteiger partial charge on any atom is -0.383 e. The lowest BCUT2D eigenvalue weighted by atomic mass is 10.0. The minimum atomic E-state index is 0.0556. The molecule has 0 aromatic carbocycles. The van der Waals surface area contributed by atoms with E-state index in [9.17, 15) is 4.79 Å². The molecule has 4 bridgehead atoms. The van der Waals surface area contributed by atoms with E-state index in [4.69, 9.17) is 9.84 Å². The summed E-state index contributed by atoms with van der Waals surface area (Å²) < 4.78 is 8.94. The molecule has 4 aromatic heterocycles. The summed E-state index contributed by atoms with van der Waals surface area (Å²) >= 11 is 0. The largest absolute Gasteiger partial charge is 0.383 e. The number of rotatable bonds is 3. The molecule has 5 rings (SSSR count). The number of carbonyl (C=O) groups excluding carboxylic acids is 1. The van der Waals surface area contributed by atoms with Crippen molar-refractivity contribution in [1.82, 2.24) is 34.4 Å². The van der Waals surface area contributed by atoms with Gasteiger partial charge in [0.1, 0.15) is 5.65 Å². The lowest BCUT2D eigenvalue weighted by Gasteiger charge is -2.17. The Hall–Kier alpha value is -3.46. The van der Waals surface area contributed by atoms with Crippen LogP contribution in [0.15, 0.2) is 30.9 Å². The number of pyridine rings is 1. The first kappa shape index (κ1) is 19.5. The second-order valence-corrected chi connectivity index (χ2v) is 7.96. The number of amides is 1. The summed E-state index contributed by atoms with van der Waals surface area (Å²) in [7, 11) is 3.49. The van der Waals surface area contributed by atoms with Crippen LogP contribution in [0.5, 0.6) is 0 Å². The molecule has 0 saturated carbocycles. The highest BCUT2D eigenvalue weighted by Crippen LogP contribution is 2.33. The highest BCUT2D eigenvalue weighted by atomic mass is 16.5. The molecule has 0 radical (unpaired) electrons. The first-order valence-electron chi connectivity index (χ1n) is 10.3. The van der Waals surface area contributed by atoms with Crippen LogP contribution in [-0.2, 0) is 29.2 Å². The lowest BCUT2D eigenvalue weighted by Crippen LogP contribution is -2.27. The van der Waals surface area contributed by atoms with Crippen molar-refractivity contribution in [1.29, 1.82) is 0 Å². The molecular formula is C22H25N7O2. The van der Waals surface area contributed by atoms with E-state index in [0.29, 0.717) is 32.7 Å². The van der Waals surface area contributed by atoms with Gasteiger partial charge < -0.3 is 14.6 Å². The summed E-state index contributed by atoms with van der Waals surface area (Å²) in [5.41, 5.74) is 6.64. The van der Waals surface area contributed by atoms with E-state index in [1.165, 1.54) is 0 Å². The third-order valence-corrected chi connectivity index (χ3v) is 5.81. The van der Waals surface area contributed by atoms with Gasteiger partial charge in [-0.3, -0.25) is 14.2 Å². The van der Waals surface area contributed by atoms with Crippen molar-refractivity contribution in [3.8, 4) is 22.3 Å². The van der Waals surface area contributed by atoms with Crippen LogP contribution in [0.25, 0.3) is 33.3 Å². The van der Waals surface area contributed by atoms with Crippen molar-refractivity contribution < 1.29 is 9.53 Å². The fourth-order valence-corrected chi connectivity index (χ4v) is 4.10. The molecule has 0 saturated heterocycles. The van der Waals surface area contributed by atoms with Crippen molar-refractivity contribution in [2.75, 3.05) is 20.8 Å². The Labute approximate surface area is 179 Å². The molecule has 4 aromatic rings. The summed E-state index contributed by atoms with van der Waals surface area (Å²) in [5.74, 6) is 0.0556. The third kappa shape index (κ3) is 3.50. The van der Waals surface area contributed by atoms with Crippen molar-refractivity contribution in [2.45, 2.75) is 33.0 Å². The van der Waals surface area contributed by atoms with Crippen LogP contribution in [0.4, 0.5) is 0 Å². The van der Waals surface area contributed by atoms with Crippen LogP contribution < -0.4 is 0 Å². The second kappa shape index (κ2) is 7.66. The van der Waals surface area contributed by atoms with Gasteiger partial charge in [0.15, 0.2) is 0 Å². The molecule has 0 aliphatic carbocycles. The van der Waals surface area contributed by atoms with Gasteiger partial charge in [-0.05, 0) is 13.0 Å². The molecular weight excluding hydrogens is 394 g/mol. The molecule has 160 valence electrons. The monoisotopic (exact) mass is 419 g/mol. The van der Waals surface area contributed by atoms with E-state index in [-0.39, 0.29) is 5.91 Å². The fourth-order valence-electron chi connectivity index (χ4n) is 4.10. The Bertz CT molecular complexity index is 1270. The predicted molar refractivity (Wildman–Crippen MR) is 116 cm³/mol. The van der Waals surface area contributed by atoms with Crippen molar-refractivity contribution in [3.63, 3.8) is 0 Å². The maximum atomic E-state index is 12.8. The molecule has 1 aliphatic rings. The molecule has 9 nitrogen and oxygen atoms in total. The van der Waals surface area contributed by atoms with Gasteiger partial charge in [-0.1, -0.05) is 0 Å². The maximum Gasteiger partial charge on any atom is 0.224 e. The van der Waals surface area contributed by atoms with Gasteiger partial charge in [0.2, 0.25) is 5.91 Å². The SMILES string of the molecule is COCCn1cc2c(n1)CN(C)C(=O)CCn1cc(c(C)n1)-c1c[nH]c3ncc-2cc13. The van der Waals surface area contributed by atoms with Crippen LogP contribution in [-0.4, -0.2) is 61.1 Å². The van der Waals surface area contributed by atoms with Crippen LogP contribution >= 0.6 is 0 Å². The summed E-state index contributed by atoms with van der Waals surface area (Å²) in [6, 6.07) is 2.14. The third-order valence-electron chi connectivity index (χ3n) is 5.81. The number of aromatic nitrogens is 6. The molecule has 5 heterocycles. The number of nitrogens with zero attached hydrogens (tertiary/aromatic N) is 6. The van der Waals surface area contributed by atoms with Gasteiger partial charge in [-0.15, -0.1) is 0 Å². The number of hydrogen-bond acceptors (Lipinski definition) is 5. The Kier molecular flexibility index (Phi) is 4.82. The van der Waals surface area contributed by atoms with E-state index < -0.39 is 0 Å². The number of carbonyl (C=O) groups is 1. The number of aromatic amines is 1. The van der Waals surface area contributed by atoms with E-state index >= 15 is 0 Å². The summed E-state index contributed by atoms with van der Waals surface area (Å²) in [6.07, 6.45) is 8.23. The van der Waals surface area contributed by atoms with Crippen molar-refractivity contribution in [3.05, 3.63) is 42.2 Å². The van der Waals surface area contributed by atoms with Crippen molar-refractivity contribution >= 4 is 16.9 Å². The first-order valence-corrected chi connectivity index (χ1v) is 10.3. The van der Waals surface area contributed by atoms with Gasteiger partial charge >= 0.3 is 0 Å². The zero-order valence-electron chi connectivity index (χ0n) is 17.9. The second-order valence-electron chi connectivity index (χ2n) is 7.96. The topological polar surface area (TPSA) is 93.9 Å². The van der Waals surface area contributed by atoms with Gasteiger partial charge in [-0.2, -0.15) is 10.2 Å². The molecule has 9 heteroatoms. The molecule has 0 atom stereocenters. The quantitative estimate of drug-likeness (QED) is 0.551. The molecule has 31 heavy (non-hydrogen) atoms. The summed E-state index contributed by atoms with van der Waals surface area (Å²) in [5, 5.41) is 10.4. The van der Waals surface area contributed by atoms with E-state index in [1.807, 2.05) is 48.1 Å². The molecule has 1 N–H and O–H groups in total. The highest BCUT2D eigenvalue weighted by molar-refractivity contribution is 5.96. The van der Waals surface area contributed by atoms with Crippen LogP contribution in [0.3, 0.4) is 0 Å². The predicted octanol–water partition coefficient (Wildman–Crippen LogP) is 2.61. The smallest absolute Gasteiger partial charge is 0.224 e. The Morgan fingerprint density at radius 1 is 1.19 bits per heavy atom. The molecule has 0 fully saturated rings. The maximum absolute atomic E-state index is 12.8. The average molecular weight is 419 g/mol. The Morgan fingerprint density at radius 3 is 2.90 bits per heavy atom. The number of fused-ring (bicyclic) bond motifs is 6. The number of H-pyrrole nitrogens is 1. The number of aryl methyl sites for hydroxylation is 2. The number of methoxy groups -OCH3 is 1. The van der Waals surface area contributed by atoms with Gasteiger partial charge in [0, 0.05) is 79.6 Å². The normalized spacial score (nSPS) is 14.3. The van der Waals surface area contributed by atoms with E-state index in [2.05, 4.69) is 21.1 Å². The molecule has 1 amide bonds. The number of ether oxygens (including phenoxy) is 1. The Balaban J connectivity index is 1.70. The zero-order valence-corrected chi connectivity index (χ0v) is 17.9. The highest BCUT2D eigenvalue weighted by Gasteiger charge is 2.20. The van der Waals surface area contributed by atoms with Gasteiger partial charge in [0.25, 0.3) is 0 Å². The number of nitrogens with one attached hydrogen (secondary N) is 1. The van der Waals surface area contributed by atoms with Gasteiger partial charge in [0.05, 0.1) is 31.1 Å². The zero-order chi connectivity index (χ0) is 21.5. The number of hydrogen-bond donors (Lipinski definition) is 1. The molecule has 0 unspecified atom stereocenters.